The molecule has 0 saturated carbocycles. The number of nitrogens with zero attached hydrogens (tertiary/aromatic N) is 6. The number of imidazole rings is 1. The van der Waals surface area contributed by atoms with Crippen molar-refractivity contribution in [1.82, 2.24) is 9.55 Å². The van der Waals surface area contributed by atoms with Crippen molar-refractivity contribution in [2.75, 3.05) is 12.3 Å². The van der Waals surface area contributed by atoms with Crippen molar-refractivity contribution in [1.29, 1.82) is 5.26 Å². The van der Waals surface area contributed by atoms with E-state index in [-0.39, 0.29) is 11.5 Å². The van der Waals surface area contributed by atoms with Gasteiger partial charge in [-0.3, -0.25) is 4.57 Å². The Hall–Kier alpha value is -2.31. The van der Waals surface area contributed by atoms with Gasteiger partial charge in [0.1, 0.15) is 36.6 Å². The maximum absolute atomic E-state index is 9.88. The van der Waals surface area contributed by atoms with Crippen molar-refractivity contribution in [3.63, 3.8) is 0 Å². The number of rotatable bonds is 3. The van der Waals surface area contributed by atoms with Crippen LogP contribution in [0.3, 0.4) is 0 Å². The number of hydrogen-bond acceptors (Lipinski definition) is 7. The first kappa shape index (κ1) is 13.1. The average molecular weight is 265 g/mol. The molecule has 19 heavy (non-hydrogen) atoms. The van der Waals surface area contributed by atoms with Gasteiger partial charge in [-0.05, 0) is 5.53 Å². The molecule has 2 heterocycles. The van der Waals surface area contributed by atoms with E-state index in [0.29, 0.717) is 0 Å². The lowest BCUT2D eigenvalue weighted by Gasteiger charge is -2.17. The van der Waals surface area contributed by atoms with Crippen LogP contribution in [0, 0.1) is 11.3 Å². The van der Waals surface area contributed by atoms with Crippen LogP contribution in [0.15, 0.2) is 11.4 Å². The van der Waals surface area contributed by atoms with Crippen LogP contribution in [0.5, 0.6) is 0 Å². The molecule has 0 radical (unpaired) electrons. The number of aromatic nitrogens is 2. The predicted octanol–water partition coefficient (Wildman–Crippen LogP) is -0.734. The van der Waals surface area contributed by atoms with Crippen LogP contribution in [-0.2, 0) is 4.74 Å². The molecule has 1 aliphatic heterocycles. The molecule has 1 aromatic heterocycles. The maximum atomic E-state index is 9.88. The van der Waals surface area contributed by atoms with Crippen molar-refractivity contribution < 1.29 is 14.9 Å². The molecule has 1 aromatic rings. The quantitative estimate of drug-likeness (QED) is 0.370. The lowest BCUT2D eigenvalue weighted by molar-refractivity contribution is -0.0441. The second-order valence-electron chi connectivity index (χ2n) is 3.93. The monoisotopic (exact) mass is 265 g/mol. The van der Waals surface area contributed by atoms with Crippen molar-refractivity contribution in [2.45, 2.75) is 24.5 Å². The average Bonchev–Trinajstić information content (AvgIpc) is 2.92. The maximum Gasteiger partial charge on any atom is 0.182 e. The second-order valence-corrected chi connectivity index (χ2v) is 3.93. The van der Waals surface area contributed by atoms with E-state index in [9.17, 15) is 5.11 Å². The fourth-order valence-corrected chi connectivity index (χ4v) is 1.95. The first-order valence-corrected chi connectivity index (χ1v) is 5.35. The van der Waals surface area contributed by atoms with Gasteiger partial charge in [-0.15, -0.1) is 0 Å². The number of hydrogen-bond donors (Lipinski definition) is 3. The smallest absolute Gasteiger partial charge is 0.182 e. The summed E-state index contributed by atoms with van der Waals surface area (Å²) in [5, 5.41) is 31.2. The number of nitrogen functional groups attached to an aromatic ring is 1. The molecule has 0 bridgehead atoms. The van der Waals surface area contributed by atoms with Crippen LogP contribution in [0.4, 0.5) is 5.82 Å². The van der Waals surface area contributed by atoms with Gasteiger partial charge in [0.25, 0.3) is 0 Å². The summed E-state index contributed by atoms with van der Waals surface area (Å²) in [6.45, 7) is -0.436. The molecule has 100 valence electrons. The fourth-order valence-electron chi connectivity index (χ4n) is 1.95. The standard InChI is InChI=1S/C9H11N7O3/c10-1-4-8(11)16(3-13-4)9-6(14-15-12)7(18)5(2-17)19-9/h3,5-7,9,17-18H,2,11H2/t5-,6+,7-,9-/m1/s1. The highest BCUT2D eigenvalue weighted by Crippen LogP contribution is 2.33. The Morgan fingerprint density at radius 2 is 2.47 bits per heavy atom. The zero-order valence-electron chi connectivity index (χ0n) is 9.66. The van der Waals surface area contributed by atoms with Gasteiger partial charge >= 0.3 is 0 Å². The SMILES string of the molecule is N#Cc1ncn([C@@H]2O[C@H](CO)[C@@H](O)[C@@H]2N=[N+]=[N-])c1N. The summed E-state index contributed by atoms with van der Waals surface area (Å²) in [7, 11) is 0. The van der Waals surface area contributed by atoms with Crippen LogP contribution in [-0.4, -0.2) is 44.6 Å². The van der Waals surface area contributed by atoms with Gasteiger partial charge in [-0.2, -0.15) is 5.26 Å². The van der Waals surface area contributed by atoms with Crippen LogP contribution >= 0.6 is 0 Å². The Morgan fingerprint density at radius 3 is 3.00 bits per heavy atom. The third-order valence-corrected chi connectivity index (χ3v) is 2.91. The Kier molecular flexibility index (Phi) is 3.55. The summed E-state index contributed by atoms with van der Waals surface area (Å²) >= 11 is 0. The Morgan fingerprint density at radius 1 is 1.74 bits per heavy atom. The van der Waals surface area contributed by atoms with Crippen LogP contribution in [0.1, 0.15) is 11.9 Å². The minimum atomic E-state index is -1.17. The van der Waals surface area contributed by atoms with Gasteiger partial charge in [0.05, 0.1) is 12.7 Å². The van der Waals surface area contributed by atoms with E-state index in [4.69, 9.17) is 26.4 Å². The van der Waals surface area contributed by atoms with Crippen molar-refractivity contribution in [3.05, 3.63) is 22.5 Å². The molecule has 0 aliphatic carbocycles. The van der Waals surface area contributed by atoms with Gasteiger partial charge in [0, 0.05) is 4.91 Å². The molecule has 2 rings (SSSR count). The molecule has 4 N–H and O–H groups in total. The first-order valence-electron chi connectivity index (χ1n) is 5.35. The number of aliphatic hydroxyl groups excluding tert-OH is 2. The molecule has 1 fully saturated rings. The topological polar surface area (TPSA) is 166 Å². The van der Waals surface area contributed by atoms with Crippen molar-refractivity contribution in [2.24, 2.45) is 5.11 Å². The zero-order valence-corrected chi connectivity index (χ0v) is 9.66. The molecule has 0 unspecified atom stereocenters. The number of ether oxygens (including phenoxy) is 1. The number of azide groups is 1. The lowest BCUT2D eigenvalue weighted by atomic mass is 10.1. The van der Waals surface area contributed by atoms with Crippen molar-refractivity contribution in [3.8, 4) is 6.07 Å². The molecule has 10 nitrogen and oxygen atoms in total. The summed E-state index contributed by atoms with van der Waals surface area (Å²) in [5.74, 6) is 0.0384. The second kappa shape index (κ2) is 5.13. The number of nitrogens with two attached hydrogens (primary N) is 1. The van der Waals surface area contributed by atoms with Gasteiger partial charge in [0.15, 0.2) is 5.69 Å². The number of anilines is 1. The predicted molar refractivity (Wildman–Crippen MR) is 61.3 cm³/mol. The Labute approximate surface area is 107 Å². The molecule has 0 amide bonds. The van der Waals surface area contributed by atoms with E-state index >= 15 is 0 Å². The number of aliphatic hydroxyl groups is 2. The third kappa shape index (κ3) is 2.07. The zero-order chi connectivity index (χ0) is 14.0. The van der Waals surface area contributed by atoms with Crippen LogP contribution < -0.4 is 5.73 Å². The summed E-state index contributed by atoms with van der Waals surface area (Å²) < 4.78 is 6.67. The van der Waals surface area contributed by atoms with E-state index in [0.717, 1.165) is 0 Å². The van der Waals surface area contributed by atoms with E-state index < -0.39 is 31.1 Å². The molecule has 0 aromatic carbocycles. The summed E-state index contributed by atoms with van der Waals surface area (Å²) in [6.07, 6.45) is -1.73. The summed E-state index contributed by atoms with van der Waals surface area (Å²) in [5.41, 5.74) is 14.2. The van der Waals surface area contributed by atoms with Crippen molar-refractivity contribution >= 4 is 5.82 Å². The van der Waals surface area contributed by atoms with E-state index in [2.05, 4.69) is 15.0 Å². The minimum absolute atomic E-state index is 0.00484. The molecule has 10 heteroatoms. The van der Waals surface area contributed by atoms with E-state index in [1.54, 1.807) is 6.07 Å². The normalized spacial score (nSPS) is 29.7. The Balaban J connectivity index is 2.39. The summed E-state index contributed by atoms with van der Waals surface area (Å²) in [4.78, 5) is 6.40. The molecule has 4 atom stereocenters. The third-order valence-electron chi connectivity index (χ3n) is 2.91. The molecule has 0 spiro atoms. The van der Waals surface area contributed by atoms with Gasteiger partial charge in [-0.1, -0.05) is 5.11 Å². The molecule has 1 aliphatic rings. The highest BCUT2D eigenvalue weighted by molar-refractivity contribution is 5.44. The van der Waals surface area contributed by atoms with Crippen LogP contribution in [0.25, 0.3) is 10.4 Å². The molecular weight excluding hydrogens is 254 g/mol. The molecular formula is C9H11N7O3. The lowest BCUT2D eigenvalue weighted by Crippen LogP contribution is -2.32. The Bertz CT molecular complexity index is 559. The number of nitriles is 1. The largest absolute Gasteiger partial charge is 0.394 e. The summed E-state index contributed by atoms with van der Waals surface area (Å²) in [6, 6.07) is 0.827. The van der Waals surface area contributed by atoms with E-state index in [1.807, 2.05) is 0 Å². The van der Waals surface area contributed by atoms with Gasteiger partial charge < -0.3 is 20.7 Å². The van der Waals surface area contributed by atoms with E-state index in [1.165, 1.54) is 10.9 Å². The highest BCUT2D eigenvalue weighted by Gasteiger charge is 2.44. The van der Waals surface area contributed by atoms with Gasteiger partial charge in [-0.25, -0.2) is 4.98 Å². The molecule has 1 saturated heterocycles. The minimum Gasteiger partial charge on any atom is -0.394 e. The van der Waals surface area contributed by atoms with Crippen LogP contribution in [0.2, 0.25) is 0 Å². The highest BCUT2D eigenvalue weighted by atomic mass is 16.5. The first-order chi connectivity index (χ1) is 9.13. The van der Waals surface area contributed by atoms with Gasteiger partial charge in [0.2, 0.25) is 0 Å². The fraction of sp³-hybridized carbons (Fsp3) is 0.556.